The number of thioether (sulfide) groups is 1. The molecule has 2 aliphatic heterocycles. The van der Waals surface area contributed by atoms with E-state index in [1.807, 2.05) is 54.5 Å². The smallest absolute Gasteiger partial charge is 0.264 e. The third-order valence-corrected chi connectivity index (χ3v) is 11.4. The zero-order valence-electron chi connectivity index (χ0n) is 33.3. The number of carbonyl (C=O) groups excluding carboxylic acids is 4. The Kier molecular flexibility index (Phi) is 17.6. The molecular weight excluding hydrogens is 798 g/mol. The van der Waals surface area contributed by atoms with E-state index in [9.17, 15) is 19.2 Å². The number of rotatable bonds is 15. The molecule has 0 radical (unpaired) electrons. The molecule has 58 heavy (non-hydrogen) atoms. The highest BCUT2D eigenvalue weighted by atomic mass is 35.5. The van der Waals surface area contributed by atoms with Crippen LogP contribution in [0.25, 0.3) is 0 Å². The number of thiophene rings is 1. The number of anilines is 2. The van der Waals surface area contributed by atoms with Crippen LogP contribution in [0.4, 0.5) is 11.6 Å². The first-order chi connectivity index (χ1) is 28.1. The van der Waals surface area contributed by atoms with Crippen molar-refractivity contribution in [3.8, 4) is 0 Å². The number of ether oxygens (including phenoxy) is 1. The van der Waals surface area contributed by atoms with E-state index >= 15 is 0 Å². The summed E-state index contributed by atoms with van der Waals surface area (Å²) in [5, 5.41) is 7.93. The van der Waals surface area contributed by atoms with Gasteiger partial charge in [-0.05, 0) is 73.9 Å². The summed E-state index contributed by atoms with van der Waals surface area (Å²) in [4.78, 5) is 71.0. The Bertz CT molecular complexity index is 1900. The fourth-order valence-corrected chi connectivity index (χ4v) is 7.57. The zero-order chi connectivity index (χ0) is 41.3. The van der Waals surface area contributed by atoms with Crippen molar-refractivity contribution in [1.29, 1.82) is 0 Å². The van der Waals surface area contributed by atoms with Crippen LogP contribution in [0.3, 0.4) is 0 Å². The second-order valence-corrected chi connectivity index (χ2v) is 16.4. The van der Waals surface area contributed by atoms with E-state index in [-0.39, 0.29) is 34.9 Å². The maximum absolute atomic E-state index is 12.7. The molecule has 0 atom stereocenters. The lowest BCUT2D eigenvalue weighted by Crippen LogP contribution is -2.49. The van der Waals surface area contributed by atoms with Crippen LogP contribution in [0.5, 0.6) is 0 Å². The first kappa shape index (κ1) is 44.3. The number of halogens is 1. The molecule has 4 aromatic rings. The molecular formula is C41H52ClN9O5S2. The van der Waals surface area contributed by atoms with Crippen molar-refractivity contribution in [1.82, 2.24) is 35.4 Å². The Hall–Kier alpha value is -4.77. The van der Waals surface area contributed by atoms with Gasteiger partial charge in [0.15, 0.2) is 0 Å². The molecule has 4 aromatic heterocycles. The summed E-state index contributed by atoms with van der Waals surface area (Å²) in [6, 6.07) is 14.5. The Balaban J connectivity index is 0.000000223. The van der Waals surface area contributed by atoms with Gasteiger partial charge < -0.3 is 35.0 Å². The summed E-state index contributed by atoms with van der Waals surface area (Å²) in [6.45, 7) is 13.2. The van der Waals surface area contributed by atoms with Crippen molar-refractivity contribution in [2.24, 2.45) is 0 Å². The van der Waals surface area contributed by atoms with Crippen molar-refractivity contribution in [2.75, 3.05) is 93.4 Å². The predicted molar refractivity (Wildman–Crippen MR) is 232 cm³/mol. The molecule has 2 N–H and O–H groups in total. The van der Waals surface area contributed by atoms with Crippen LogP contribution in [0.2, 0.25) is 5.15 Å². The van der Waals surface area contributed by atoms with Gasteiger partial charge in [-0.1, -0.05) is 24.6 Å². The van der Waals surface area contributed by atoms with Crippen molar-refractivity contribution < 1.29 is 23.9 Å². The van der Waals surface area contributed by atoms with E-state index in [0.717, 1.165) is 47.5 Å². The molecule has 14 nitrogen and oxygen atoms in total. The third-order valence-electron chi connectivity index (χ3n) is 9.32. The van der Waals surface area contributed by atoms with Gasteiger partial charge in [0, 0.05) is 96.4 Å². The quantitative estimate of drug-likeness (QED) is 0.120. The minimum Gasteiger partial charge on any atom is -0.379 e. The van der Waals surface area contributed by atoms with Gasteiger partial charge in [0.05, 0.1) is 27.7 Å². The average Bonchev–Trinajstić information content (AvgIpc) is 3.81. The fourth-order valence-electron chi connectivity index (χ4n) is 6.14. The number of carbonyl (C=O) groups is 4. The maximum Gasteiger partial charge on any atom is 0.264 e. The topological polar surface area (TPSA) is 153 Å². The van der Waals surface area contributed by atoms with Gasteiger partial charge in [-0.3, -0.25) is 19.2 Å². The Labute approximate surface area is 353 Å². The molecule has 2 saturated heterocycles. The van der Waals surface area contributed by atoms with Gasteiger partial charge in [-0.2, -0.15) is 11.8 Å². The van der Waals surface area contributed by atoms with Gasteiger partial charge in [0.1, 0.15) is 16.8 Å². The van der Waals surface area contributed by atoms with Crippen LogP contribution >= 0.6 is 34.7 Å². The molecule has 17 heteroatoms. The molecule has 2 fully saturated rings. The standard InChI is InChI=1S/C22H28ClN5O3.C19H24N4O2S2/c1-16(2)31-14-4-9-25-21(29)17-6-7-19(26-15-17)27-10-12-28(13-11-27)22(30)18-5-3-8-24-20(18)23;1-2-26-13-7-20-18(24)15-5-6-17(21-14-15)22-8-10-23(11-9-22)19(25)16-4-3-12-27-16/h3,5-8,15-16H,4,9-14H2,1-2H3,(H,25,29);3-6,12,14H,2,7-11,13H2,1H3,(H,20,24). The first-order valence-electron chi connectivity index (χ1n) is 19.5. The van der Waals surface area contributed by atoms with Crippen LogP contribution in [0, 0.1) is 0 Å². The highest BCUT2D eigenvalue weighted by Gasteiger charge is 2.25. The highest BCUT2D eigenvalue weighted by Crippen LogP contribution is 2.20. The lowest BCUT2D eigenvalue weighted by atomic mass is 10.2. The summed E-state index contributed by atoms with van der Waals surface area (Å²) in [7, 11) is 0. The second-order valence-electron chi connectivity index (χ2n) is 13.7. The first-order valence-corrected chi connectivity index (χ1v) is 22.0. The van der Waals surface area contributed by atoms with E-state index in [4.69, 9.17) is 16.3 Å². The molecule has 6 heterocycles. The Morgan fingerprint density at radius 3 is 1.86 bits per heavy atom. The molecule has 2 aliphatic rings. The van der Waals surface area contributed by atoms with Crippen LogP contribution in [0.1, 0.15) is 67.9 Å². The number of nitrogens with zero attached hydrogens (tertiary/aromatic N) is 7. The molecule has 0 spiro atoms. The summed E-state index contributed by atoms with van der Waals surface area (Å²) < 4.78 is 5.46. The number of aromatic nitrogens is 3. The lowest BCUT2D eigenvalue weighted by Gasteiger charge is -2.35. The summed E-state index contributed by atoms with van der Waals surface area (Å²) in [5.41, 5.74) is 1.52. The van der Waals surface area contributed by atoms with Crippen molar-refractivity contribution >= 4 is 70.0 Å². The summed E-state index contributed by atoms with van der Waals surface area (Å²) in [6.07, 6.45) is 5.74. The SMILES string of the molecule is CC(C)OCCCNC(=O)c1ccc(N2CCN(C(=O)c3cccnc3Cl)CC2)nc1.CCSCCNC(=O)c1ccc(N2CCN(C(=O)c3cccs3)CC2)nc1. The van der Waals surface area contributed by atoms with Crippen LogP contribution in [-0.2, 0) is 4.74 Å². The number of amides is 4. The maximum atomic E-state index is 12.7. The van der Waals surface area contributed by atoms with Gasteiger partial charge >= 0.3 is 0 Å². The van der Waals surface area contributed by atoms with E-state index in [0.29, 0.717) is 75.7 Å². The highest BCUT2D eigenvalue weighted by molar-refractivity contribution is 7.99. The van der Waals surface area contributed by atoms with Crippen molar-refractivity contribution in [3.63, 3.8) is 0 Å². The normalized spacial score (nSPS) is 14.2. The Morgan fingerprint density at radius 1 is 0.776 bits per heavy atom. The second kappa shape index (κ2) is 23.0. The van der Waals surface area contributed by atoms with E-state index in [1.54, 1.807) is 53.5 Å². The van der Waals surface area contributed by atoms with E-state index in [2.05, 4.69) is 42.3 Å². The predicted octanol–water partition coefficient (Wildman–Crippen LogP) is 5.23. The largest absolute Gasteiger partial charge is 0.379 e. The van der Waals surface area contributed by atoms with Gasteiger partial charge in [-0.25, -0.2) is 15.0 Å². The van der Waals surface area contributed by atoms with Crippen LogP contribution < -0.4 is 20.4 Å². The third kappa shape index (κ3) is 13.1. The minimum absolute atomic E-state index is 0.0860. The number of hydrogen-bond acceptors (Lipinski definition) is 12. The van der Waals surface area contributed by atoms with Gasteiger partial charge in [0.25, 0.3) is 23.6 Å². The van der Waals surface area contributed by atoms with Gasteiger partial charge in [-0.15, -0.1) is 11.3 Å². The molecule has 6 rings (SSSR count). The Morgan fingerprint density at radius 2 is 1.36 bits per heavy atom. The molecule has 310 valence electrons. The average molecular weight is 851 g/mol. The lowest BCUT2D eigenvalue weighted by molar-refractivity contribution is 0.0740. The zero-order valence-corrected chi connectivity index (χ0v) is 35.7. The van der Waals surface area contributed by atoms with Crippen LogP contribution in [0.15, 0.2) is 72.5 Å². The number of piperazine rings is 2. The number of nitrogens with one attached hydrogen (secondary N) is 2. The minimum atomic E-state index is -0.146. The molecule has 0 aromatic carbocycles. The van der Waals surface area contributed by atoms with Crippen LogP contribution in [-0.4, -0.2) is 138 Å². The monoisotopic (exact) mass is 849 g/mol. The van der Waals surface area contributed by atoms with E-state index < -0.39 is 0 Å². The molecule has 0 saturated carbocycles. The van der Waals surface area contributed by atoms with E-state index in [1.165, 1.54) is 11.3 Å². The van der Waals surface area contributed by atoms with Crippen molar-refractivity contribution in [3.05, 3.63) is 99.2 Å². The molecule has 4 amide bonds. The summed E-state index contributed by atoms with van der Waals surface area (Å²) >= 11 is 9.33. The number of hydrogen-bond donors (Lipinski definition) is 2. The molecule has 0 unspecified atom stereocenters. The van der Waals surface area contributed by atoms with Gasteiger partial charge in [0.2, 0.25) is 0 Å². The number of pyridine rings is 3. The molecule has 0 aliphatic carbocycles. The fraction of sp³-hybridized carbons (Fsp3) is 0.439. The summed E-state index contributed by atoms with van der Waals surface area (Å²) in [5.74, 6) is 3.36. The van der Waals surface area contributed by atoms with Crippen molar-refractivity contribution in [2.45, 2.75) is 33.3 Å². The molecule has 0 bridgehead atoms.